The zero-order valence-corrected chi connectivity index (χ0v) is 23.3. The van der Waals surface area contributed by atoms with Crippen molar-refractivity contribution in [3.05, 3.63) is 94.7 Å². The number of ether oxygens (including phenoxy) is 3. The first-order chi connectivity index (χ1) is 19.9. The molecule has 0 bridgehead atoms. The van der Waals surface area contributed by atoms with E-state index in [0.717, 1.165) is 41.0 Å². The molecule has 2 atom stereocenters. The normalized spacial score (nSPS) is 19.9. The minimum Gasteiger partial charge on any atom is -0.493 e. The van der Waals surface area contributed by atoms with Crippen LogP contribution in [0.2, 0.25) is 0 Å². The molecule has 2 unspecified atom stereocenters. The summed E-state index contributed by atoms with van der Waals surface area (Å²) in [6.07, 6.45) is 2.53. The first-order valence-electron chi connectivity index (χ1n) is 13.8. The van der Waals surface area contributed by atoms with Crippen LogP contribution in [-0.2, 0) is 14.3 Å². The number of allylic oxidation sites excluding steroid dienone is 1. The number of para-hydroxylation sites is 2. The van der Waals surface area contributed by atoms with Crippen LogP contribution in [0.1, 0.15) is 59.1 Å². The zero-order valence-electron chi connectivity index (χ0n) is 23.3. The standard InChI is InChI=1S/C33H32N2O6/c1-39-28-15-14-22(18-29(28)40-2)23-16-25-30(27(36)17-23)31(19-8-12-21(13-9-19)33(38)41-3)35(32(37)20-10-11-20)26-7-5-4-6-24(26)34-25/h4-9,12-15,18,20,23,31,34H,10-11,16-17H2,1-3H3. The van der Waals surface area contributed by atoms with Crippen LogP contribution in [-0.4, -0.2) is 39.0 Å². The first-order valence-corrected chi connectivity index (χ1v) is 13.8. The summed E-state index contributed by atoms with van der Waals surface area (Å²) in [5.74, 6) is 0.619. The number of hydrogen-bond acceptors (Lipinski definition) is 7. The maximum Gasteiger partial charge on any atom is 0.337 e. The summed E-state index contributed by atoms with van der Waals surface area (Å²) < 4.78 is 15.8. The average Bonchev–Trinajstić information content (AvgIpc) is 3.86. The Labute approximate surface area is 238 Å². The molecule has 0 saturated heterocycles. The Morgan fingerprint density at radius 1 is 0.854 bits per heavy atom. The van der Waals surface area contributed by atoms with Gasteiger partial charge in [-0.15, -0.1) is 0 Å². The van der Waals surface area contributed by atoms with Crippen LogP contribution >= 0.6 is 0 Å². The van der Waals surface area contributed by atoms with E-state index >= 15 is 0 Å². The lowest BCUT2D eigenvalue weighted by Gasteiger charge is -2.35. The Kier molecular flexibility index (Phi) is 6.99. The number of hydrogen-bond donors (Lipinski definition) is 1. The summed E-state index contributed by atoms with van der Waals surface area (Å²) in [5, 5.41) is 3.56. The van der Waals surface area contributed by atoms with Gasteiger partial charge in [0, 0.05) is 23.6 Å². The van der Waals surface area contributed by atoms with Gasteiger partial charge in [-0.25, -0.2) is 4.79 Å². The molecule has 1 N–H and O–H groups in total. The summed E-state index contributed by atoms with van der Waals surface area (Å²) in [5.41, 5.74) is 5.03. The number of anilines is 2. The Morgan fingerprint density at radius 3 is 2.24 bits per heavy atom. The number of Topliss-reactive ketones (excluding diaryl/α,β-unsaturated/α-hetero) is 1. The third-order valence-corrected chi connectivity index (χ3v) is 8.18. The van der Waals surface area contributed by atoms with Crippen LogP contribution in [0.3, 0.4) is 0 Å². The van der Waals surface area contributed by atoms with Crippen molar-refractivity contribution < 1.29 is 28.6 Å². The van der Waals surface area contributed by atoms with E-state index in [9.17, 15) is 14.4 Å². The van der Waals surface area contributed by atoms with Crippen LogP contribution in [0.25, 0.3) is 0 Å². The number of amides is 1. The van der Waals surface area contributed by atoms with Crippen LogP contribution in [0.4, 0.5) is 11.4 Å². The van der Waals surface area contributed by atoms with Gasteiger partial charge in [-0.2, -0.15) is 0 Å². The van der Waals surface area contributed by atoms with E-state index in [4.69, 9.17) is 14.2 Å². The number of rotatable bonds is 6. The fourth-order valence-corrected chi connectivity index (χ4v) is 5.94. The lowest BCUT2D eigenvalue weighted by atomic mass is 9.78. The molecule has 1 saturated carbocycles. The van der Waals surface area contributed by atoms with Crippen molar-refractivity contribution in [3.8, 4) is 11.5 Å². The molecule has 0 spiro atoms. The fraction of sp³-hybridized carbons (Fsp3) is 0.303. The van der Waals surface area contributed by atoms with Crippen LogP contribution in [0.15, 0.2) is 78.0 Å². The van der Waals surface area contributed by atoms with Gasteiger partial charge in [0.15, 0.2) is 17.3 Å². The molecule has 8 nitrogen and oxygen atoms in total. The van der Waals surface area contributed by atoms with Gasteiger partial charge in [0.2, 0.25) is 5.91 Å². The SMILES string of the molecule is COC(=O)c1ccc(C2C3=C(CC(c4ccc(OC)c(OC)c4)CC3=O)Nc3ccccc3N2C(=O)C2CC2)cc1. The Morgan fingerprint density at radius 2 is 1.56 bits per heavy atom. The molecule has 0 radical (unpaired) electrons. The average molecular weight is 553 g/mol. The highest BCUT2D eigenvalue weighted by Crippen LogP contribution is 2.49. The number of methoxy groups -OCH3 is 3. The number of fused-ring (bicyclic) bond motifs is 1. The van der Waals surface area contributed by atoms with Gasteiger partial charge < -0.3 is 19.5 Å². The molecule has 3 aromatic carbocycles. The van der Waals surface area contributed by atoms with E-state index < -0.39 is 12.0 Å². The maximum absolute atomic E-state index is 14.2. The predicted molar refractivity (Wildman–Crippen MR) is 154 cm³/mol. The highest BCUT2D eigenvalue weighted by Gasteiger charge is 2.45. The molecule has 41 heavy (non-hydrogen) atoms. The van der Waals surface area contributed by atoms with Gasteiger partial charge in [0.1, 0.15) is 0 Å². The molecule has 6 rings (SSSR count). The Hall–Kier alpha value is -4.59. The largest absolute Gasteiger partial charge is 0.493 e. The van der Waals surface area contributed by atoms with Crippen molar-refractivity contribution in [2.24, 2.45) is 5.92 Å². The monoisotopic (exact) mass is 552 g/mol. The molecule has 8 heteroatoms. The molecule has 210 valence electrons. The van der Waals surface area contributed by atoms with Crippen molar-refractivity contribution >= 4 is 29.0 Å². The number of benzene rings is 3. The van der Waals surface area contributed by atoms with Crippen LogP contribution in [0.5, 0.6) is 11.5 Å². The molecule has 1 heterocycles. The van der Waals surface area contributed by atoms with Gasteiger partial charge in [0.05, 0.1) is 44.3 Å². The topological polar surface area (TPSA) is 94.2 Å². The van der Waals surface area contributed by atoms with Gasteiger partial charge in [-0.3, -0.25) is 14.5 Å². The molecular weight excluding hydrogens is 520 g/mol. The van der Waals surface area contributed by atoms with E-state index in [-0.39, 0.29) is 29.9 Å². The smallest absolute Gasteiger partial charge is 0.337 e. The first kappa shape index (κ1) is 26.6. The minimum atomic E-state index is -0.639. The molecule has 1 fully saturated rings. The minimum absolute atomic E-state index is 0.00450. The lowest BCUT2D eigenvalue weighted by molar-refractivity contribution is -0.120. The number of nitrogens with one attached hydrogen (secondary N) is 1. The second-order valence-electron chi connectivity index (χ2n) is 10.7. The fourth-order valence-electron chi connectivity index (χ4n) is 5.94. The van der Waals surface area contributed by atoms with Gasteiger partial charge >= 0.3 is 5.97 Å². The number of carbonyl (C=O) groups is 3. The molecule has 3 aromatic rings. The van der Waals surface area contributed by atoms with E-state index in [1.807, 2.05) is 54.6 Å². The molecular formula is C33H32N2O6. The molecule has 3 aliphatic rings. The summed E-state index contributed by atoms with van der Waals surface area (Å²) in [6.45, 7) is 0. The van der Waals surface area contributed by atoms with Gasteiger partial charge in [-0.1, -0.05) is 30.3 Å². The number of nitrogens with zero attached hydrogens (tertiary/aromatic N) is 1. The molecule has 0 aromatic heterocycles. The Bertz CT molecular complexity index is 1560. The van der Waals surface area contributed by atoms with E-state index in [1.165, 1.54) is 7.11 Å². The van der Waals surface area contributed by atoms with Crippen molar-refractivity contribution in [1.29, 1.82) is 0 Å². The van der Waals surface area contributed by atoms with Gasteiger partial charge in [-0.05, 0) is 72.7 Å². The number of esters is 1. The third-order valence-electron chi connectivity index (χ3n) is 8.18. The molecule has 2 aliphatic carbocycles. The maximum atomic E-state index is 14.2. The number of ketones is 1. The molecule has 1 amide bonds. The second kappa shape index (κ2) is 10.8. The summed E-state index contributed by atoms with van der Waals surface area (Å²) >= 11 is 0. The number of carbonyl (C=O) groups excluding carboxylic acids is 3. The summed E-state index contributed by atoms with van der Waals surface area (Å²) in [6, 6.07) is 19.8. The quantitative estimate of drug-likeness (QED) is 0.386. The molecule has 1 aliphatic heterocycles. The second-order valence-corrected chi connectivity index (χ2v) is 10.7. The summed E-state index contributed by atoms with van der Waals surface area (Å²) in [7, 11) is 4.53. The highest BCUT2D eigenvalue weighted by atomic mass is 16.5. The van der Waals surface area contributed by atoms with E-state index in [1.54, 1.807) is 31.3 Å². The van der Waals surface area contributed by atoms with E-state index in [0.29, 0.717) is 29.1 Å². The zero-order chi connectivity index (χ0) is 28.7. The van der Waals surface area contributed by atoms with E-state index in [2.05, 4.69) is 5.32 Å². The van der Waals surface area contributed by atoms with Crippen molar-refractivity contribution in [1.82, 2.24) is 0 Å². The predicted octanol–water partition coefficient (Wildman–Crippen LogP) is 5.80. The third kappa shape index (κ3) is 4.84. The van der Waals surface area contributed by atoms with Crippen molar-refractivity contribution in [2.75, 3.05) is 31.5 Å². The highest BCUT2D eigenvalue weighted by molar-refractivity contribution is 6.07. The van der Waals surface area contributed by atoms with Crippen molar-refractivity contribution in [3.63, 3.8) is 0 Å². The summed E-state index contributed by atoms with van der Waals surface area (Å²) in [4.78, 5) is 42.1. The van der Waals surface area contributed by atoms with Crippen LogP contribution < -0.4 is 19.7 Å². The lowest BCUT2D eigenvalue weighted by Crippen LogP contribution is -2.39. The van der Waals surface area contributed by atoms with Crippen LogP contribution in [0, 0.1) is 5.92 Å². The van der Waals surface area contributed by atoms with Gasteiger partial charge in [0.25, 0.3) is 0 Å². The van der Waals surface area contributed by atoms with Crippen molar-refractivity contribution in [2.45, 2.75) is 37.6 Å². The Balaban J connectivity index is 1.49.